The molecular weight excluding hydrogens is 226 g/mol. The van der Waals surface area contributed by atoms with Crippen LogP contribution < -0.4 is 10.5 Å². The van der Waals surface area contributed by atoms with Gasteiger partial charge in [0.25, 0.3) is 0 Å². The lowest BCUT2D eigenvalue weighted by Crippen LogP contribution is -2.17. The molecule has 1 unspecified atom stereocenters. The van der Waals surface area contributed by atoms with Crippen LogP contribution in [0, 0.1) is 6.92 Å². The van der Waals surface area contributed by atoms with Crippen LogP contribution in [0.1, 0.15) is 34.9 Å². The second kappa shape index (κ2) is 4.50. The van der Waals surface area contributed by atoms with Crippen LogP contribution in [0.5, 0.6) is 5.75 Å². The first kappa shape index (κ1) is 11.4. The van der Waals surface area contributed by atoms with Crippen LogP contribution in [0.4, 0.5) is 0 Å². The van der Waals surface area contributed by atoms with Gasteiger partial charge in [0, 0.05) is 5.56 Å². The van der Waals surface area contributed by atoms with Gasteiger partial charge in [-0.3, -0.25) is 0 Å². The van der Waals surface area contributed by atoms with Crippen molar-refractivity contribution in [1.29, 1.82) is 0 Å². The van der Waals surface area contributed by atoms with E-state index in [2.05, 4.69) is 6.07 Å². The van der Waals surface area contributed by atoms with Gasteiger partial charge in [-0.25, -0.2) is 0 Å². The smallest absolute Gasteiger partial charge is 0.128 e. The van der Waals surface area contributed by atoms with Crippen LogP contribution in [0.2, 0.25) is 0 Å². The fourth-order valence-electron chi connectivity index (χ4n) is 2.50. The van der Waals surface area contributed by atoms with E-state index in [4.69, 9.17) is 14.9 Å². The van der Waals surface area contributed by atoms with Gasteiger partial charge in [-0.15, -0.1) is 0 Å². The number of hydrogen-bond donors (Lipinski definition) is 1. The molecule has 0 spiro atoms. The highest BCUT2D eigenvalue weighted by atomic mass is 16.5. The lowest BCUT2D eigenvalue weighted by molar-refractivity contribution is 0.283. The minimum absolute atomic E-state index is 0.256. The number of fused-ring (bicyclic) bond motifs is 1. The summed E-state index contributed by atoms with van der Waals surface area (Å²) in [6.07, 6.45) is 3.82. The zero-order valence-electron chi connectivity index (χ0n) is 10.5. The molecule has 2 aromatic rings. The number of nitrogens with two attached hydrogens (primary N) is 1. The third-order valence-electron chi connectivity index (χ3n) is 3.48. The van der Waals surface area contributed by atoms with Gasteiger partial charge in [-0.1, -0.05) is 18.2 Å². The Hall–Kier alpha value is -1.74. The Morgan fingerprint density at radius 2 is 2.17 bits per heavy atom. The van der Waals surface area contributed by atoms with Crippen molar-refractivity contribution in [2.45, 2.75) is 25.8 Å². The second-order valence-corrected chi connectivity index (χ2v) is 4.73. The summed E-state index contributed by atoms with van der Waals surface area (Å²) in [5, 5.41) is 0. The number of rotatable bonds is 2. The summed E-state index contributed by atoms with van der Waals surface area (Å²) in [7, 11) is 0. The molecule has 1 aliphatic rings. The molecule has 1 aromatic heterocycles. The highest BCUT2D eigenvalue weighted by Crippen LogP contribution is 2.35. The molecule has 1 aromatic carbocycles. The molecule has 2 heterocycles. The molecule has 0 saturated carbocycles. The van der Waals surface area contributed by atoms with Crippen molar-refractivity contribution < 1.29 is 9.15 Å². The van der Waals surface area contributed by atoms with E-state index in [1.807, 2.05) is 25.1 Å². The summed E-state index contributed by atoms with van der Waals surface area (Å²) in [6.45, 7) is 2.78. The van der Waals surface area contributed by atoms with Gasteiger partial charge in [-0.05, 0) is 37.0 Å². The van der Waals surface area contributed by atoms with Crippen LogP contribution >= 0.6 is 0 Å². The maximum Gasteiger partial charge on any atom is 0.128 e. The Bertz CT molecular complexity index is 559. The molecule has 2 N–H and O–H groups in total. The van der Waals surface area contributed by atoms with E-state index in [-0.39, 0.29) is 6.04 Å². The van der Waals surface area contributed by atoms with E-state index < -0.39 is 0 Å². The number of aryl methyl sites for hydroxylation is 2. The Morgan fingerprint density at radius 1 is 1.28 bits per heavy atom. The SMILES string of the molecule is Cc1ccoc1C(N)c1cccc2c1OCCC2. The summed E-state index contributed by atoms with van der Waals surface area (Å²) in [4.78, 5) is 0. The van der Waals surface area contributed by atoms with E-state index in [0.717, 1.165) is 42.1 Å². The van der Waals surface area contributed by atoms with Crippen LogP contribution in [0.15, 0.2) is 34.9 Å². The standard InChI is InChI=1S/C15H17NO2/c1-10-7-9-18-14(10)13(16)12-6-2-4-11-5-3-8-17-15(11)12/h2,4,6-7,9,13H,3,5,8,16H2,1H3. The Balaban J connectivity index is 2.04. The van der Waals surface area contributed by atoms with Crippen molar-refractivity contribution in [3.8, 4) is 5.75 Å². The topological polar surface area (TPSA) is 48.4 Å². The van der Waals surface area contributed by atoms with E-state index >= 15 is 0 Å². The van der Waals surface area contributed by atoms with Crippen LogP contribution in [-0.2, 0) is 6.42 Å². The molecule has 0 bridgehead atoms. The van der Waals surface area contributed by atoms with Crippen molar-refractivity contribution in [1.82, 2.24) is 0 Å². The summed E-state index contributed by atoms with van der Waals surface area (Å²) in [6, 6.07) is 7.86. The lowest BCUT2D eigenvalue weighted by Gasteiger charge is -2.22. The number of hydrogen-bond acceptors (Lipinski definition) is 3. The first-order valence-corrected chi connectivity index (χ1v) is 6.31. The van der Waals surface area contributed by atoms with Gasteiger partial charge in [0.1, 0.15) is 11.5 Å². The second-order valence-electron chi connectivity index (χ2n) is 4.73. The first-order chi connectivity index (χ1) is 8.77. The fourth-order valence-corrected chi connectivity index (χ4v) is 2.50. The van der Waals surface area contributed by atoms with Crippen molar-refractivity contribution >= 4 is 0 Å². The first-order valence-electron chi connectivity index (χ1n) is 6.31. The molecule has 1 atom stereocenters. The zero-order valence-corrected chi connectivity index (χ0v) is 10.5. The van der Waals surface area contributed by atoms with Crippen molar-refractivity contribution in [2.75, 3.05) is 6.61 Å². The summed E-state index contributed by atoms with van der Waals surface area (Å²) < 4.78 is 11.3. The average molecular weight is 243 g/mol. The quantitative estimate of drug-likeness (QED) is 0.882. The molecule has 3 nitrogen and oxygen atoms in total. The van der Waals surface area contributed by atoms with E-state index in [1.165, 1.54) is 5.56 Å². The number of furan rings is 1. The summed E-state index contributed by atoms with van der Waals surface area (Å²) in [5.74, 6) is 1.77. The minimum Gasteiger partial charge on any atom is -0.493 e. The molecule has 18 heavy (non-hydrogen) atoms. The molecule has 0 saturated heterocycles. The highest BCUT2D eigenvalue weighted by molar-refractivity contribution is 5.47. The van der Waals surface area contributed by atoms with E-state index in [1.54, 1.807) is 6.26 Å². The van der Waals surface area contributed by atoms with Gasteiger partial charge in [-0.2, -0.15) is 0 Å². The van der Waals surface area contributed by atoms with Gasteiger partial charge >= 0.3 is 0 Å². The maximum atomic E-state index is 6.31. The molecule has 0 radical (unpaired) electrons. The van der Waals surface area contributed by atoms with Crippen LogP contribution in [0.25, 0.3) is 0 Å². The number of para-hydroxylation sites is 1. The number of ether oxygens (including phenoxy) is 1. The zero-order chi connectivity index (χ0) is 12.5. The third kappa shape index (κ3) is 1.81. The Kier molecular flexibility index (Phi) is 2.84. The third-order valence-corrected chi connectivity index (χ3v) is 3.48. The predicted molar refractivity (Wildman–Crippen MR) is 69.7 cm³/mol. The molecule has 3 heteroatoms. The molecule has 1 aliphatic heterocycles. The molecule has 0 aliphatic carbocycles. The van der Waals surface area contributed by atoms with Gasteiger partial charge < -0.3 is 14.9 Å². The minimum atomic E-state index is -0.256. The fraction of sp³-hybridized carbons (Fsp3) is 0.333. The molecular formula is C15H17NO2. The lowest BCUT2D eigenvalue weighted by atomic mass is 9.96. The van der Waals surface area contributed by atoms with Gasteiger partial charge in [0.15, 0.2) is 0 Å². The monoisotopic (exact) mass is 243 g/mol. The molecule has 3 rings (SSSR count). The predicted octanol–water partition coefficient (Wildman–Crippen LogP) is 2.96. The summed E-state index contributed by atoms with van der Waals surface area (Å²) >= 11 is 0. The highest BCUT2D eigenvalue weighted by Gasteiger charge is 2.22. The van der Waals surface area contributed by atoms with Gasteiger partial charge in [0.05, 0.1) is 18.9 Å². The maximum absolute atomic E-state index is 6.31. The Labute approximate surface area is 107 Å². The Morgan fingerprint density at radius 3 is 2.94 bits per heavy atom. The normalized spacial score (nSPS) is 15.9. The molecule has 0 fully saturated rings. The molecule has 94 valence electrons. The average Bonchev–Trinajstić information content (AvgIpc) is 2.83. The van der Waals surface area contributed by atoms with Crippen LogP contribution in [0.3, 0.4) is 0 Å². The van der Waals surface area contributed by atoms with E-state index in [0.29, 0.717) is 0 Å². The summed E-state index contributed by atoms with van der Waals surface area (Å²) in [5.41, 5.74) is 9.66. The van der Waals surface area contributed by atoms with Crippen LogP contribution in [-0.4, -0.2) is 6.61 Å². The van der Waals surface area contributed by atoms with E-state index in [9.17, 15) is 0 Å². The van der Waals surface area contributed by atoms with Crippen molar-refractivity contribution in [3.05, 3.63) is 53.0 Å². The van der Waals surface area contributed by atoms with Gasteiger partial charge in [0.2, 0.25) is 0 Å². The largest absolute Gasteiger partial charge is 0.493 e. The van der Waals surface area contributed by atoms with Crippen molar-refractivity contribution in [2.24, 2.45) is 5.73 Å². The molecule has 0 amide bonds. The van der Waals surface area contributed by atoms with Crippen molar-refractivity contribution in [3.63, 3.8) is 0 Å². The number of benzene rings is 1.